The number of nitrogens with zero attached hydrogens (tertiary/aromatic N) is 3. The Morgan fingerprint density at radius 3 is 2.57 bits per heavy atom. The van der Waals surface area contributed by atoms with Crippen LogP contribution in [-0.4, -0.2) is 32.9 Å². The van der Waals surface area contributed by atoms with Gasteiger partial charge in [-0.2, -0.15) is 4.98 Å². The van der Waals surface area contributed by atoms with Gasteiger partial charge in [-0.25, -0.2) is 0 Å². The van der Waals surface area contributed by atoms with Crippen molar-refractivity contribution in [3.8, 4) is 0 Å². The Balaban J connectivity index is 1.60. The van der Waals surface area contributed by atoms with Gasteiger partial charge in [0, 0.05) is 35.3 Å². The van der Waals surface area contributed by atoms with Crippen LogP contribution in [-0.2, 0) is 7.05 Å². The number of aromatic nitrogens is 2. The minimum atomic E-state index is -0.108. The molecule has 2 fully saturated rings. The van der Waals surface area contributed by atoms with Gasteiger partial charge < -0.3 is 10.6 Å². The quantitative estimate of drug-likeness (QED) is 0.751. The van der Waals surface area contributed by atoms with E-state index in [1.165, 1.54) is 50.3 Å². The standard InChI is InChI=1S/C20H27ClN4OSSi/c1-24-18(26)16(27-13-5-4-6-14(28)15(13)21)17(22)23-19(24)25-11-9-20(10-12-25)7-2-3-8-20/h4-6H,2-3,7-12,22H2,1,28H3. The van der Waals surface area contributed by atoms with E-state index in [1.807, 2.05) is 18.2 Å². The highest BCUT2D eigenvalue weighted by Gasteiger charge is 2.37. The largest absolute Gasteiger partial charge is 0.382 e. The van der Waals surface area contributed by atoms with Gasteiger partial charge in [0.2, 0.25) is 5.95 Å². The monoisotopic (exact) mass is 434 g/mol. The molecule has 2 aliphatic rings. The van der Waals surface area contributed by atoms with Crippen LogP contribution in [0.15, 0.2) is 32.8 Å². The molecule has 1 spiro atoms. The lowest BCUT2D eigenvalue weighted by atomic mass is 9.77. The molecule has 0 bridgehead atoms. The fraction of sp³-hybridized carbons (Fsp3) is 0.500. The number of hydrogen-bond donors (Lipinski definition) is 1. The lowest BCUT2D eigenvalue weighted by molar-refractivity contribution is 0.225. The first-order valence-corrected chi connectivity index (χ1v) is 12.1. The van der Waals surface area contributed by atoms with E-state index in [4.69, 9.17) is 17.3 Å². The normalized spacial score (nSPS) is 18.9. The van der Waals surface area contributed by atoms with Crippen LogP contribution in [0.1, 0.15) is 38.5 Å². The van der Waals surface area contributed by atoms with Crippen LogP contribution >= 0.6 is 23.4 Å². The molecule has 2 aromatic rings. The lowest BCUT2D eigenvalue weighted by Gasteiger charge is -2.40. The number of nitrogens with two attached hydrogens (primary N) is 1. The second kappa shape index (κ2) is 7.76. The molecule has 1 aromatic heterocycles. The summed E-state index contributed by atoms with van der Waals surface area (Å²) >= 11 is 7.75. The number of piperidine rings is 1. The Morgan fingerprint density at radius 2 is 1.89 bits per heavy atom. The van der Waals surface area contributed by atoms with Gasteiger partial charge >= 0.3 is 0 Å². The summed E-state index contributed by atoms with van der Waals surface area (Å²) < 4.78 is 1.64. The summed E-state index contributed by atoms with van der Waals surface area (Å²) in [5, 5.41) is 1.82. The molecule has 2 heterocycles. The molecule has 1 aliphatic heterocycles. The zero-order chi connectivity index (χ0) is 19.9. The van der Waals surface area contributed by atoms with E-state index in [1.54, 1.807) is 11.6 Å². The van der Waals surface area contributed by atoms with Crippen LogP contribution in [0.4, 0.5) is 11.8 Å². The summed E-state index contributed by atoms with van der Waals surface area (Å²) in [5.41, 5.74) is 6.66. The number of nitrogen functional groups attached to an aromatic ring is 1. The summed E-state index contributed by atoms with van der Waals surface area (Å²) in [6, 6.07) is 5.90. The highest BCUT2D eigenvalue weighted by molar-refractivity contribution is 7.99. The Morgan fingerprint density at radius 1 is 1.21 bits per heavy atom. The van der Waals surface area contributed by atoms with Gasteiger partial charge in [-0.05, 0) is 37.2 Å². The topological polar surface area (TPSA) is 64.2 Å². The van der Waals surface area contributed by atoms with E-state index in [-0.39, 0.29) is 5.56 Å². The van der Waals surface area contributed by atoms with E-state index in [0.29, 0.717) is 27.1 Å². The number of hydrogen-bond acceptors (Lipinski definition) is 5. The van der Waals surface area contributed by atoms with Gasteiger partial charge in [0.15, 0.2) is 0 Å². The van der Waals surface area contributed by atoms with Crippen LogP contribution in [0.3, 0.4) is 0 Å². The molecule has 0 atom stereocenters. The second-order valence-electron chi connectivity index (χ2n) is 8.17. The maximum atomic E-state index is 13.1. The molecule has 0 unspecified atom stereocenters. The molecule has 0 amide bonds. The number of rotatable bonds is 3. The molecule has 1 aromatic carbocycles. The molecule has 28 heavy (non-hydrogen) atoms. The third-order valence-electron chi connectivity index (χ3n) is 6.39. The Kier molecular flexibility index (Phi) is 5.50. The van der Waals surface area contributed by atoms with E-state index in [2.05, 4.69) is 9.88 Å². The number of anilines is 2. The molecular weight excluding hydrogens is 408 g/mol. The first-order valence-electron chi connectivity index (χ1n) is 9.95. The summed E-state index contributed by atoms with van der Waals surface area (Å²) in [5.74, 6) is 0.974. The molecule has 1 saturated carbocycles. The van der Waals surface area contributed by atoms with Gasteiger partial charge in [0.25, 0.3) is 5.56 Å². The molecule has 2 N–H and O–H groups in total. The summed E-state index contributed by atoms with van der Waals surface area (Å²) in [4.78, 5) is 21.2. The predicted octanol–water partition coefficient (Wildman–Crippen LogP) is 2.32. The van der Waals surface area contributed by atoms with Gasteiger partial charge in [0.05, 0.1) is 5.02 Å². The molecule has 1 aliphatic carbocycles. The SMILES string of the molecule is Cn1c(N2CCC3(CCCC3)CC2)nc(N)c(Sc2cccc([SiH3])c2Cl)c1=O. The first-order chi connectivity index (χ1) is 13.4. The third-order valence-corrected chi connectivity index (χ3v) is 9.30. The molecule has 4 rings (SSSR count). The van der Waals surface area contributed by atoms with Gasteiger partial charge in [-0.3, -0.25) is 9.36 Å². The molecule has 8 heteroatoms. The zero-order valence-electron chi connectivity index (χ0n) is 16.5. The first kappa shape index (κ1) is 19.9. The van der Waals surface area contributed by atoms with Crippen molar-refractivity contribution < 1.29 is 0 Å². The van der Waals surface area contributed by atoms with Crippen molar-refractivity contribution in [2.75, 3.05) is 23.7 Å². The number of halogens is 1. The Hall–Kier alpha value is -1.44. The van der Waals surface area contributed by atoms with Crippen LogP contribution in [0, 0.1) is 5.41 Å². The fourth-order valence-corrected chi connectivity index (χ4v) is 6.46. The van der Waals surface area contributed by atoms with Crippen molar-refractivity contribution in [2.24, 2.45) is 12.5 Å². The zero-order valence-corrected chi connectivity index (χ0v) is 20.1. The highest BCUT2D eigenvalue weighted by atomic mass is 35.5. The second-order valence-corrected chi connectivity index (χ2v) is 10.7. The number of benzene rings is 1. The van der Waals surface area contributed by atoms with Crippen LogP contribution < -0.4 is 21.4 Å². The van der Waals surface area contributed by atoms with Crippen LogP contribution in [0.5, 0.6) is 0 Å². The Labute approximate surface area is 178 Å². The average Bonchev–Trinajstić information content (AvgIpc) is 3.14. The minimum absolute atomic E-state index is 0.108. The van der Waals surface area contributed by atoms with Crippen molar-refractivity contribution >= 4 is 50.6 Å². The van der Waals surface area contributed by atoms with Gasteiger partial charge in [0.1, 0.15) is 10.7 Å². The summed E-state index contributed by atoms with van der Waals surface area (Å²) in [6.45, 7) is 1.89. The Bertz CT molecular complexity index is 948. The minimum Gasteiger partial charge on any atom is -0.382 e. The predicted molar refractivity (Wildman–Crippen MR) is 121 cm³/mol. The molecule has 5 nitrogen and oxygen atoms in total. The van der Waals surface area contributed by atoms with Crippen molar-refractivity contribution in [1.82, 2.24) is 9.55 Å². The van der Waals surface area contributed by atoms with E-state index in [0.717, 1.165) is 33.4 Å². The average molecular weight is 435 g/mol. The molecular formula is C20H27ClN4OSSi. The van der Waals surface area contributed by atoms with Crippen molar-refractivity contribution in [1.29, 1.82) is 0 Å². The van der Waals surface area contributed by atoms with Gasteiger partial charge in [-0.1, -0.05) is 53.5 Å². The molecule has 1 saturated heterocycles. The van der Waals surface area contributed by atoms with Crippen LogP contribution in [0.25, 0.3) is 0 Å². The van der Waals surface area contributed by atoms with Crippen molar-refractivity contribution in [3.05, 3.63) is 33.6 Å². The maximum Gasteiger partial charge on any atom is 0.270 e. The summed E-state index contributed by atoms with van der Waals surface area (Å²) in [6.07, 6.45) is 7.79. The van der Waals surface area contributed by atoms with Crippen molar-refractivity contribution in [3.63, 3.8) is 0 Å². The summed E-state index contributed by atoms with van der Waals surface area (Å²) in [7, 11) is 2.65. The van der Waals surface area contributed by atoms with E-state index >= 15 is 0 Å². The third kappa shape index (κ3) is 3.60. The van der Waals surface area contributed by atoms with Gasteiger partial charge in [-0.15, -0.1) is 0 Å². The van der Waals surface area contributed by atoms with Crippen molar-refractivity contribution in [2.45, 2.75) is 48.3 Å². The molecule has 150 valence electrons. The molecule has 0 radical (unpaired) electrons. The highest BCUT2D eigenvalue weighted by Crippen LogP contribution is 2.46. The van der Waals surface area contributed by atoms with Crippen LogP contribution in [0.2, 0.25) is 5.02 Å². The van der Waals surface area contributed by atoms with E-state index in [9.17, 15) is 4.79 Å². The lowest BCUT2D eigenvalue weighted by Crippen LogP contribution is -2.42. The fourth-order valence-electron chi connectivity index (χ4n) is 4.58. The van der Waals surface area contributed by atoms with E-state index < -0.39 is 0 Å². The maximum absolute atomic E-state index is 13.1. The smallest absolute Gasteiger partial charge is 0.270 e.